The van der Waals surface area contributed by atoms with E-state index in [0.717, 1.165) is 23.7 Å². The topological polar surface area (TPSA) is 45.5 Å². The van der Waals surface area contributed by atoms with E-state index < -0.39 is 0 Å². The Bertz CT molecular complexity index is 649. The van der Waals surface area contributed by atoms with E-state index in [1.165, 1.54) is 24.8 Å². The molecule has 1 aromatic heterocycles. The number of likely N-dealkylation sites (tertiary alicyclic amines) is 1. The van der Waals surface area contributed by atoms with Crippen LogP contribution in [0, 0.1) is 6.92 Å². The molecule has 0 radical (unpaired) electrons. The van der Waals surface area contributed by atoms with Gasteiger partial charge in [0.1, 0.15) is 5.76 Å². The summed E-state index contributed by atoms with van der Waals surface area (Å²) in [6.07, 6.45) is 5.44. The van der Waals surface area contributed by atoms with Gasteiger partial charge in [0.2, 0.25) is 5.91 Å². The van der Waals surface area contributed by atoms with Gasteiger partial charge >= 0.3 is 0 Å². The fraction of sp³-hybridized carbons (Fsp3) is 0.450. The molecule has 0 bridgehead atoms. The molecule has 1 aliphatic heterocycles. The minimum absolute atomic E-state index is 0.0686. The Balaban J connectivity index is 1.51. The highest BCUT2D eigenvalue weighted by molar-refractivity contribution is 8.00. The first kappa shape index (κ1) is 18.1. The van der Waals surface area contributed by atoms with Gasteiger partial charge < -0.3 is 9.73 Å². The predicted molar refractivity (Wildman–Crippen MR) is 102 cm³/mol. The number of piperidine rings is 1. The number of aryl methyl sites for hydroxylation is 1. The second kappa shape index (κ2) is 9.11. The highest BCUT2D eigenvalue weighted by Crippen LogP contribution is 2.24. The Morgan fingerprint density at radius 1 is 1.20 bits per heavy atom. The van der Waals surface area contributed by atoms with Gasteiger partial charge in [-0.1, -0.05) is 24.1 Å². The highest BCUT2D eigenvalue weighted by atomic mass is 32.2. The zero-order valence-electron chi connectivity index (χ0n) is 14.7. The largest absolute Gasteiger partial charge is 0.468 e. The number of carbonyl (C=O) groups is 1. The Kier molecular flexibility index (Phi) is 6.59. The minimum atomic E-state index is 0.0686. The van der Waals surface area contributed by atoms with Gasteiger partial charge in [-0.2, -0.15) is 0 Å². The van der Waals surface area contributed by atoms with Crippen molar-refractivity contribution in [2.45, 2.75) is 37.1 Å². The summed E-state index contributed by atoms with van der Waals surface area (Å²) in [5.74, 6) is 1.45. The molecule has 1 saturated heterocycles. The lowest BCUT2D eigenvalue weighted by atomic mass is 10.1. The molecule has 2 aromatic rings. The van der Waals surface area contributed by atoms with E-state index in [0.29, 0.717) is 12.3 Å². The number of rotatable bonds is 7. The van der Waals surface area contributed by atoms with Gasteiger partial charge in [-0.25, -0.2) is 0 Å². The second-order valence-electron chi connectivity index (χ2n) is 6.53. The lowest BCUT2D eigenvalue weighted by Crippen LogP contribution is -2.40. The van der Waals surface area contributed by atoms with Crippen LogP contribution in [-0.2, 0) is 4.79 Å². The number of thioether (sulfide) groups is 1. The monoisotopic (exact) mass is 358 g/mol. The highest BCUT2D eigenvalue weighted by Gasteiger charge is 2.24. The standard InChI is InChI=1S/C20H26N2O2S/c1-16-7-9-17(10-8-16)25-15-20(23)21-14-18(19-6-5-13-24-19)22-11-3-2-4-12-22/h5-10,13,18H,2-4,11-12,14-15H2,1H3,(H,21,23). The molecular weight excluding hydrogens is 332 g/mol. The molecule has 1 N–H and O–H groups in total. The average molecular weight is 359 g/mol. The zero-order valence-corrected chi connectivity index (χ0v) is 15.6. The van der Waals surface area contributed by atoms with Gasteiger partial charge in [0.25, 0.3) is 0 Å². The van der Waals surface area contributed by atoms with Crippen LogP contribution in [-0.4, -0.2) is 36.2 Å². The molecule has 0 aliphatic carbocycles. The van der Waals surface area contributed by atoms with E-state index in [-0.39, 0.29) is 11.9 Å². The number of hydrogen-bond donors (Lipinski definition) is 1. The van der Waals surface area contributed by atoms with Crippen LogP contribution in [0.2, 0.25) is 0 Å². The van der Waals surface area contributed by atoms with Crippen LogP contribution in [0.1, 0.15) is 36.6 Å². The van der Waals surface area contributed by atoms with E-state index in [9.17, 15) is 4.79 Å². The van der Waals surface area contributed by atoms with Crippen LogP contribution in [0.25, 0.3) is 0 Å². The van der Waals surface area contributed by atoms with Crippen molar-refractivity contribution in [2.24, 2.45) is 0 Å². The van der Waals surface area contributed by atoms with E-state index in [1.807, 2.05) is 12.1 Å². The summed E-state index contributed by atoms with van der Waals surface area (Å²) in [4.78, 5) is 15.8. The second-order valence-corrected chi connectivity index (χ2v) is 7.58. The molecule has 25 heavy (non-hydrogen) atoms. The first-order valence-electron chi connectivity index (χ1n) is 8.96. The molecule has 1 unspecified atom stereocenters. The van der Waals surface area contributed by atoms with Crippen molar-refractivity contribution in [1.82, 2.24) is 10.2 Å². The van der Waals surface area contributed by atoms with E-state index >= 15 is 0 Å². The van der Waals surface area contributed by atoms with Crippen LogP contribution in [0.3, 0.4) is 0 Å². The van der Waals surface area contributed by atoms with Gasteiger partial charge in [-0.05, 0) is 57.1 Å². The van der Waals surface area contributed by atoms with Crippen molar-refractivity contribution >= 4 is 17.7 Å². The first-order valence-corrected chi connectivity index (χ1v) is 9.94. The van der Waals surface area contributed by atoms with Crippen molar-refractivity contribution in [1.29, 1.82) is 0 Å². The van der Waals surface area contributed by atoms with E-state index in [2.05, 4.69) is 41.4 Å². The van der Waals surface area contributed by atoms with Gasteiger partial charge in [-0.3, -0.25) is 9.69 Å². The number of nitrogens with zero attached hydrogens (tertiary/aromatic N) is 1. The Morgan fingerprint density at radius 2 is 1.96 bits per heavy atom. The molecule has 1 aliphatic rings. The molecule has 0 saturated carbocycles. The Hall–Kier alpha value is -1.72. The van der Waals surface area contributed by atoms with Crippen LogP contribution >= 0.6 is 11.8 Å². The first-order chi connectivity index (χ1) is 12.2. The maximum Gasteiger partial charge on any atom is 0.230 e. The van der Waals surface area contributed by atoms with Crippen LogP contribution in [0.4, 0.5) is 0 Å². The lowest BCUT2D eigenvalue weighted by Gasteiger charge is -2.33. The Labute approximate surface area is 154 Å². The minimum Gasteiger partial charge on any atom is -0.468 e. The summed E-state index contributed by atoms with van der Waals surface area (Å²) < 4.78 is 5.62. The lowest BCUT2D eigenvalue weighted by molar-refractivity contribution is -0.118. The van der Waals surface area contributed by atoms with Crippen molar-refractivity contribution in [3.63, 3.8) is 0 Å². The normalized spacial score (nSPS) is 16.5. The molecule has 5 heteroatoms. The SMILES string of the molecule is Cc1ccc(SCC(=O)NCC(c2ccco2)N2CCCCC2)cc1. The number of nitrogens with one attached hydrogen (secondary N) is 1. The number of benzene rings is 1. The van der Waals surface area contributed by atoms with Crippen molar-refractivity contribution < 1.29 is 9.21 Å². The Morgan fingerprint density at radius 3 is 2.64 bits per heavy atom. The summed E-state index contributed by atoms with van der Waals surface area (Å²) in [5.41, 5.74) is 1.23. The summed E-state index contributed by atoms with van der Waals surface area (Å²) in [6, 6.07) is 12.3. The number of furan rings is 1. The maximum atomic E-state index is 12.3. The third kappa shape index (κ3) is 5.38. The van der Waals surface area contributed by atoms with Crippen LogP contribution < -0.4 is 5.32 Å². The van der Waals surface area contributed by atoms with Crippen molar-refractivity contribution in [2.75, 3.05) is 25.4 Å². The quantitative estimate of drug-likeness (QED) is 0.759. The summed E-state index contributed by atoms with van der Waals surface area (Å²) >= 11 is 1.57. The van der Waals surface area contributed by atoms with Gasteiger partial charge in [0.05, 0.1) is 18.1 Å². The molecule has 1 fully saturated rings. The molecule has 2 heterocycles. The summed E-state index contributed by atoms with van der Waals surface area (Å²) in [5, 5.41) is 3.09. The molecule has 1 amide bonds. The van der Waals surface area contributed by atoms with E-state index in [1.54, 1.807) is 18.0 Å². The third-order valence-corrected chi connectivity index (χ3v) is 5.60. The summed E-state index contributed by atoms with van der Waals surface area (Å²) in [6.45, 7) is 4.80. The molecule has 4 nitrogen and oxygen atoms in total. The molecule has 3 rings (SSSR count). The van der Waals surface area contributed by atoms with Crippen LogP contribution in [0.15, 0.2) is 52.0 Å². The fourth-order valence-electron chi connectivity index (χ4n) is 3.17. The van der Waals surface area contributed by atoms with Crippen molar-refractivity contribution in [3.8, 4) is 0 Å². The molecular formula is C20H26N2O2S. The number of hydrogen-bond acceptors (Lipinski definition) is 4. The summed E-state index contributed by atoms with van der Waals surface area (Å²) in [7, 11) is 0. The molecule has 0 spiro atoms. The number of amides is 1. The van der Waals surface area contributed by atoms with Crippen molar-refractivity contribution in [3.05, 3.63) is 54.0 Å². The molecule has 134 valence electrons. The predicted octanol–water partition coefficient (Wildman–Crippen LogP) is 4.02. The average Bonchev–Trinajstić information content (AvgIpc) is 3.17. The zero-order chi connectivity index (χ0) is 17.5. The van der Waals surface area contributed by atoms with Gasteiger partial charge in [0, 0.05) is 11.4 Å². The number of carbonyl (C=O) groups excluding carboxylic acids is 1. The molecule has 1 atom stereocenters. The maximum absolute atomic E-state index is 12.3. The molecule has 1 aromatic carbocycles. The smallest absolute Gasteiger partial charge is 0.230 e. The van der Waals surface area contributed by atoms with Gasteiger partial charge in [-0.15, -0.1) is 11.8 Å². The third-order valence-electron chi connectivity index (χ3n) is 4.59. The van der Waals surface area contributed by atoms with Crippen LogP contribution in [0.5, 0.6) is 0 Å². The fourth-order valence-corrected chi connectivity index (χ4v) is 3.89. The van der Waals surface area contributed by atoms with E-state index in [4.69, 9.17) is 4.42 Å². The van der Waals surface area contributed by atoms with Gasteiger partial charge in [0.15, 0.2) is 0 Å².